The third-order valence-corrected chi connectivity index (χ3v) is 2.52. The molecule has 0 aliphatic heterocycles. The molecule has 0 aliphatic rings. The maximum Gasteiger partial charge on any atom is 0.240 e. The molecule has 0 amide bonds. The standard InChI is InChI=1S/C11H15N5O/c1-8(12-2)4-5-9-15-11(16-17-9)10-13-6-3-7-14-10/h3,6-8,12H,4-5H2,1-2H3. The maximum atomic E-state index is 5.15. The molecule has 0 saturated heterocycles. The number of hydrogen-bond donors (Lipinski definition) is 1. The smallest absolute Gasteiger partial charge is 0.240 e. The Morgan fingerprint density at radius 3 is 2.76 bits per heavy atom. The summed E-state index contributed by atoms with van der Waals surface area (Å²) in [6, 6.07) is 2.18. The van der Waals surface area contributed by atoms with Gasteiger partial charge in [-0.25, -0.2) is 9.97 Å². The molecule has 0 aliphatic carbocycles. The lowest BCUT2D eigenvalue weighted by molar-refractivity contribution is 0.369. The van der Waals surface area contributed by atoms with Gasteiger partial charge in [0.15, 0.2) is 0 Å². The Morgan fingerprint density at radius 2 is 2.06 bits per heavy atom. The number of rotatable bonds is 5. The molecule has 2 aromatic rings. The molecule has 90 valence electrons. The van der Waals surface area contributed by atoms with Gasteiger partial charge < -0.3 is 9.84 Å². The van der Waals surface area contributed by atoms with Gasteiger partial charge in [0.1, 0.15) is 0 Å². The van der Waals surface area contributed by atoms with Crippen LogP contribution < -0.4 is 5.32 Å². The molecule has 0 saturated carbocycles. The molecule has 0 aromatic carbocycles. The van der Waals surface area contributed by atoms with Crippen LogP contribution in [0.1, 0.15) is 19.2 Å². The van der Waals surface area contributed by atoms with Crippen LogP contribution in [0, 0.1) is 0 Å². The summed E-state index contributed by atoms with van der Waals surface area (Å²) in [7, 11) is 1.93. The van der Waals surface area contributed by atoms with Gasteiger partial charge in [-0.1, -0.05) is 5.16 Å². The predicted molar refractivity (Wildman–Crippen MR) is 62.2 cm³/mol. The van der Waals surface area contributed by atoms with Gasteiger partial charge in [-0.15, -0.1) is 0 Å². The SMILES string of the molecule is CNC(C)CCc1nc(-c2ncccn2)no1. The van der Waals surface area contributed by atoms with E-state index in [0.717, 1.165) is 12.8 Å². The third-order valence-electron chi connectivity index (χ3n) is 2.52. The molecule has 17 heavy (non-hydrogen) atoms. The second-order valence-electron chi connectivity index (χ2n) is 3.81. The molecular weight excluding hydrogens is 218 g/mol. The molecule has 1 unspecified atom stereocenters. The van der Waals surface area contributed by atoms with Crippen LogP contribution in [0.3, 0.4) is 0 Å². The van der Waals surface area contributed by atoms with Crippen molar-refractivity contribution in [2.45, 2.75) is 25.8 Å². The van der Waals surface area contributed by atoms with E-state index in [1.54, 1.807) is 18.5 Å². The topological polar surface area (TPSA) is 76.7 Å². The molecule has 0 bridgehead atoms. The van der Waals surface area contributed by atoms with Crippen molar-refractivity contribution >= 4 is 0 Å². The van der Waals surface area contributed by atoms with Gasteiger partial charge in [0.05, 0.1) is 0 Å². The van der Waals surface area contributed by atoms with Gasteiger partial charge in [0.25, 0.3) is 0 Å². The number of nitrogens with zero attached hydrogens (tertiary/aromatic N) is 4. The Balaban J connectivity index is 2.01. The minimum atomic E-state index is 0.429. The Bertz CT molecular complexity index is 456. The summed E-state index contributed by atoms with van der Waals surface area (Å²) in [5, 5.41) is 7.02. The predicted octanol–water partition coefficient (Wildman–Crippen LogP) is 1.07. The quantitative estimate of drug-likeness (QED) is 0.832. The highest BCUT2D eigenvalue weighted by Gasteiger charge is 2.11. The normalized spacial score (nSPS) is 12.6. The number of hydrogen-bond acceptors (Lipinski definition) is 6. The summed E-state index contributed by atoms with van der Waals surface area (Å²) in [5.41, 5.74) is 0. The van der Waals surface area contributed by atoms with Gasteiger partial charge in [-0.2, -0.15) is 4.98 Å². The van der Waals surface area contributed by atoms with Crippen molar-refractivity contribution in [3.63, 3.8) is 0 Å². The van der Waals surface area contributed by atoms with Crippen LogP contribution in [0.2, 0.25) is 0 Å². The molecule has 2 rings (SSSR count). The molecule has 6 nitrogen and oxygen atoms in total. The summed E-state index contributed by atoms with van der Waals surface area (Å²) < 4.78 is 5.15. The molecular formula is C11H15N5O. The lowest BCUT2D eigenvalue weighted by Crippen LogP contribution is -2.21. The van der Waals surface area contributed by atoms with Gasteiger partial charge in [-0.05, 0) is 26.5 Å². The van der Waals surface area contributed by atoms with E-state index in [1.807, 2.05) is 7.05 Å². The van der Waals surface area contributed by atoms with Crippen molar-refractivity contribution in [1.82, 2.24) is 25.4 Å². The Kier molecular flexibility index (Phi) is 3.77. The minimum absolute atomic E-state index is 0.429. The number of nitrogens with one attached hydrogen (secondary N) is 1. The first kappa shape index (κ1) is 11.7. The van der Waals surface area contributed by atoms with E-state index in [2.05, 4.69) is 32.3 Å². The largest absolute Gasteiger partial charge is 0.339 e. The molecule has 0 spiro atoms. The van der Waals surface area contributed by atoms with Crippen molar-refractivity contribution in [2.24, 2.45) is 0 Å². The molecule has 0 fully saturated rings. The van der Waals surface area contributed by atoms with Crippen LogP contribution in [0.25, 0.3) is 11.6 Å². The summed E-state index contributed by atoms with van der Waals surface area (Å²) in [6.07, 6.45) is 5.01. The van der Waals surface area contributed by atoms with Crippen molar-refractivity contribution in [1.29, 1.82) is 0 Å². The van der Waals surface area contributed by atoms with Gasteiger partial charge in [0.2, 0.25) is 17.5 Å². The fraction of sp³-hybridized carbons (Fsp3) is 0.455. The zero-order valence-electron chi connectivity index (χ0n) is 9.92. The van der Waals surface area contributed by atoms with Crippen molar-refractivity contribution in [2.75, 3.05) is 7.05 Å². The zero-order chi connectivity index (χ0) is 12.1. The van der Waals surface area contributed by atoms with Crippen LogP contribution >= 0.6 is 0 Å². The van der Waals surface area contributed by atoms with Gasteiger partial charge >= 0.3 is 0 Å². The van der Waals surface area contributed by atoms with E-state index in [0.29, 0.717) is 23.6 Å². The maximum absolute atomic E-state index is 5.15. The van der Waals surface area contributed by atoms with Crippen molar-refractivity contribution < 1.29 is 4.52 Å². The first-order valence-electron chi connectivity index (χ1n) is 5.57. The highest BCUT2D eigenvalue weighted by atomic mass is 16.5. The first-order valence-corrected chi connectivity index (χ1v) is 5.57. The van der Waals surface area contributed by atoms with E-state index < -0.39 is 0 Å². The summed E-state index contributed by atoms with van der Waals surface area (Å²) in [5.74, 6) is 1.55. The highest BCUT2D eigenvalue weighted by Crippen LogP contribution is 2.10. The van der Waals surface area contributed by atoms with E-state index in [4.69, 9.17) is 4.52 Å². The second-order valence-corrected chi connectivity index (χ2v) is 3.81. The lowest BCUT2D eigenvalue weighted by atomic mass is 10.2. The van der Waals surface area contributed by atoms with Crippen LogP contribution in [-0.4, -0.2) is 33.2 Å². The van der Waals surface area contributed by atoms with E-state index in [1.165, 1.54) is 0 Å². The van der Waals surface area contributed by atoms with E-state index >= 15 is 0 Å². The summed E-state index contributed by atoms with van der Waals surface area (Å²) in [6.45, 7) is 2.11. The average molecular weight is 233 g/mol. The molecule has 6 heteroatoms. The van der Waals surface area contributed by atoms with Crippen LogP contribution in [0.4, 0.5) is 0 Å². The van der Waals surface area contributed by atoms with Crippen molar-refractivity contribution in [3.05, 3.63) is 24.4 Å². The minimum Gasteiger partial charge on any atom is -0.339 e. The van der Waals surface area contributed by atoms with Crippen LogP contribution in [0.15, 0.2) is 23.0 Å². The Labute approximate surface area is 99.5 Å². The van der Waals surface area contributed by atoms with Crippen LogP contribution in [0.5, 0.6) is 0 Å². The molecule has 2 heterocycles. The Morgan fingerprint density at radius 1 is 1.29 bits per heavy atom. The lowest BCUT2D eigenvalue weighted by Gasteiger charge is -2.06. The third kappa shape index (κ3) is 3.07. The van der Waals surface area contributed by atoms with E-state index in [-0.39, 0.29) is 0 Å². The molecule has 0 radical (unpaired) electrons. The zero-order valence-corrected chi connectivity index (χ0v) is 9.92. The fourth-order valence-electron chi connectivity index (χ4n) is 1.35. The van der Waals surface area contributed by atoms with Gasteiger partial charge in [0, 0.05) is 24.9 Å². The second kappa shape index (κ2) is 5.49. The summed E-state index contributed by atoms with van der Waals surface area (Å²) in [4.78, 5) is 12.4. The first-order chi connectivity index (χ1) is 8.29. The Hall–Kier alpha value is -1.82. The number of aromatic nitrogens is 4. The molecule has 1 N–H and O–H groups in total. The van der Waals surface area contributed by atoms with Crippen LogP contribution in [-0.2, 0) is 6.42 Å². The van der Waals surface area contributed by atoms with Gasteiger partial charge in [-0.3, -0.25) is 0 Å². The monoisotopic (exact) mass is 233 g/mol. The molecule has 1 atom stereocenters. The highest BCUT2D eigenvalue weighted by molar-refractivity contribution is 5.40. The van der Waals surface area contributed by atoms with Crippen molar-refractivity contribution in [3.8, 4) is 11.6 Å². The summed E-state index contributed by atoms with van der Waals surface area (Å²) >= 11 is 0. The van der Waals surface area contributed by atoms with E-state index in [9.17, 15) is 0 Å². The average Bonchev–Trinajstić information content (AvgIpc) is 2.86. The molecule has 2 aromatic heterocycles. The fourth-order valence-corrected chi connectivity index (χ4v) is 1.35. The number of aryl methyl sites for hydroxylation is 1.